The number of benzene rings is 3. The molecule has 2 heterocycles. The van der Waals surface area contributed by atoms with Crippen molar-refractivity contribution in [1.82, 2.24) is 9.88 Å². The molecule has 156 valence electrons. The smallest absolute Gasteiger partial charge is 0.420 e. The van der Waals surface area contributed by atoms with Crippen LogP contribution in [-0.4, -0.2) is 17.3 Å². The highest BCUT2D eigenvalue weighted by atomic mass is 16.7. The Morgan fingerprint density at radius 1 is 0.968 bits per heavy atom. The number of oxazole rings is 1. The molecule has 7 heteroatoms. The summed E-state index contributed by atoms with van der Waals surface area (Å²) in [4.78, 5) is 25.1. The molecular weight excluding hydrogens is 396 g/mol. The SMILES string of the molecule is Cc1ccc(Cn2c(=O)oc3ccc(C(=O)NCc4ccc5c(c4)OCO5)cc32)cc1. The highest BCUT2D eigenvalue weighted by Gasteiger charge is 2.15. The van der Waals surface area contributed by atoms with Crippen molar-refractivity contribution in [3.8, 4) is 11.5 Å². The van der Waals surface area contributed by atoms with Crippen LogP contribution in [0.2, 0.25) is 0 Å². The number of nitrogens with zero attached hydrogens (tertiary/aromatic N) is 1. The molecule has 0 aliphatic carbocycles. The zero-order valence-corrected chi connectivity index (χ0v) is 16.9. The molecule has 1 aliphatic rings. The van der Waals surface area contributed by atoms with E-state index in [4.69, 9.17) is 13.9 Å². The average molecular weight is 416 g/mol. The van der Waals surface area contributed by atoms with Crippen molar-refractivity contribution in [3.05, 3.63) is 93.5 Å². The van der Waals surface area contributed by atoms with Gasteiger partial charge in [-0.1, -0.05) is 35.9 Å². The first-order valence-electron chi connectivity index (χ1n) is 9.92. The summed E-state index contributed by atoms with van der Waals surface area (Å²) in [7, 11) is 0. The van der Waals surface area contributed by atoms with Gasteiger partial charge in [0.2, 0.25) is 6.79 Å². The number of aromatic nitrogens is 1. The number of rotatable bonds is 5. The molecule has 4 aromatic rings. The van der Waals surface area contributed by atoms with Gasteiger partial charge in [-0.25, -0.2) is 4.79 Å². The third-order valence-corrected chi connectivity index (χ3v) is 5.28. The lowest BCUT2D eigenvalue weighted by Gasteiger charge is -2.07. The normalized spacial score (nSPS) is 12.3. The second-order valence-electron chi connectivity index (χ2n) is 7.49. The molecule has 0 saturated heterocycles. The number of aryl methyl sites for hydroxylation is 1. The average Bonchev–Trinajstić information content (AvgIpc) is 3.37. The predicted molar refractivity (Wildman–Crippen MR) is 114 cm³/mol. The Hall–Kier alpha value is -4.00. The lowest BCUT2D eigenvalue weighted by atomic mass is 10.1. The summed E-state index contributed by atoms with van der Waals surface area (Å²) >= 11 is 0. The van der Waals surface area contributed by atoms with Crippen LogP contribution in [-0.2, 0) is 13.1 Å². The van der Waals surface area contributed by atoms with Crippen LogP contribution in [0.4, 0.5) is 0 Å². The molecule has 0 bridgehead atoms. The molecule has 1 N–H and O–H groups in total. The fourth-order valence-electron chi connectivity index (χ4n) is 3.56. The van der Waals surface area contributed by atoms with Gasteiger partial charge in [-0.05, 0) is 48.4 Å². The molecule has 3 aromatic carbocycles. The van der Waals surface area contributed by atoms with Crippen molar-refractivity contribution in [2.24, 2.45) is 0 Å². The summed E-state index contributed by atoms with van der Waals surface area (Å²) in [6, 6.07) is 18.5. The van der Waals surface area contributed by atoms with E-state index in [0.29, 0.717) is 41.3 Å². The van der Waals surface area contributed by atoms with Crippen LogP contribution in [0.5, 0.6) is 11.5 Å². The quantitative estimate of drug-likeness (QED) is 0.537. The number of carbonyl (C=O) groups excluding carboxylic acids is 1. The molecule has 0 fully saturated rings. The minimum atomic E-state index is -0.450. The van der Waals surface area contributed by atoms with Gasteiger partial charge in [0.15, 0.2) is 17.1 Å². The van der Waals surface area contributed by atoms with Crippen molar-refractivity contribution in [2.75, 3.05) is 6.79 Å². The first-order valence-corrected chi connectivity index (χ1v) is 9.92. The number of hydrogen-bond acceptors (Lipinski definition) is 5. The van der Waals surface area contributed by atoms with Gasteiger partial charge in [0.05, 0.1) is 12.1 Å². The van der Waals surface area contributed by atoms with Gasteiger partial charge >= 0.3 is 5.76 Å². The van der Waals surface area contributed by atoms with E-state index >= 15 is 0 Å². The third-order valence-electron chi connectivity index (χ3n) is 5.28. The molecule has 0 radical (unpaired) electrons. The van der Waals surface area contributed by atoms with E-state index in [0.717, 1.165) is 16.7 Å². The second-order valence-corrected chi connectivity index (χ2v) is 7.49. The molecule has 5 rings (SSSR count). The maximum absolute atomic E-state index is 12.7. The largest absolute Gasteiger partial charge is 0.454 e. The number of amides is 1. The van der Waals surface area contributed by atoms with E-state index in [2.05, 4.69) is 5.32 Å². The molecule has 1 aromatic heterocycles. The van der Waals surface area contributed by atoms with E-state index < -0.39 is 5.76 Å². The Balaban J connectivity index is 1.36. The predicted octanol–water partition coefficient (Wildman–Crippen LogP) is 3.61. The van der Waals surface area contributed by atoms with E-state index in [9.17, 15) is 9.59 Å². The van der Waals surface area contributed by atoms with Gasteiger partial charge in [-0.2, -0.15) is 0 Å². The number of ether oxygens (including phenoxy) is 2. The highest BCUT2D eigenvalue weighted by molar-refractivity contribution is 5.97. The summed E-state index contributed by atoms with van der Waals surface area (Å²) in [6.45, 7) is 2.93. The highest BCUT2D eigenvalue weighted by Crippen LogP contribution is 2.32. The first-order chi connectivity index (χ1) is 15.1. The maximum Gasteiger partial charge on any atom is 0.420 e. The molecule has 1 amide bonds. The van der Waals surface area contributed by atoms with Gasteiger partial charge < -0.3 is 19.2 Å². The summed E-state index contributed by atoms with van der Waals surface area (Å²) in [5.41, 5.74) is 4.51. The number of carbonyl (C=O) groups is 1. The van der Waals surface area contributed by atoms with Crippen molar-refractivity contribution in [2.45, 2.75) is 20.0 Å². The fourth-order valence-corrected chi connectivity index (χ4v) is 3.56. The second kappa shape index (κ2) is 7.68. The Kier molecular flexibility index (Phi) is 4.71. The number of nitrogens with one attached hydrogen (secondary N) is 1. The molecule has 0 unspecified atom stereocenters. The number of hydrogen-bond donors (Lipinski definition) is 1. The zero-order chi connectivity index (χ0) is 21.4. The van der Waals surface area contributed by atoms with Gasteiger partial charge in [0.1, 0.15) is 0 Å². The van der Waals surface area contributed by atoms with E-state index in [1.807, 2.05) is 49.4 Å². The van der Waals surface area contributed by atoms with E-state index in [1.165, 1.54) is 4.57 Å². The molecule has 31 heavy (non-hydrogen) atoms. The Labute approximate surface area is 177 Å². The van der Waals surface area contributed by atoms with Crippen molar-refractivity contribution < 1.29 is 18.7 Å². The van der Waals surface area contributed by atoms with Crippen molar-refractivity contribution in [1.29, 1.82) is 0 Å². The Bertz CT molecular complexity index is 1330. The van der Waals surface area contributed by atoms with Crippen molar-refractivity contribution >= 4 is 17.0 Å². The minimum Gasteiger partial charge on any atom is -0.454 e. The molecule has 0 spiro atoms. The monoisotopic (exact) mass is 416 g/mol. The van der Waals surface area contributed by atoms with Gasteiger partial charge in [0, 0.05) is 12.1 Å². The summed E-state index contributed by atoms with van der Waals surface area (Å²) < 4.78 is 17.6. The Morgan fingerprint density at radius 3 is 2.58 bits per heavy atom. The van der Waals surface area contributed by atoms with Gasteiger partial charge in [0.25, 0.3) is 5.91 Å². The first kappa shape index (κ1) is 19.0. The van der Waals surface area contributed by atoms with Crippen LogP contribution in [0.1, 0.15) is 27.0 Å². The topological polar surface area (TPSA) is 82.7 Å². The number of fused-ring (bicyclic) bond motifs is 2. The van der Waals surface area contributed by atoms with Crippen LogP contribution in [0.25, 0.3) is 11.1 Å². The molecule has 0 atom stereocenters. The van der Waals surface area contributed by atoms with Crippen LogP contribution < -0.4 is 20.5 Å². The molecule has 0 saturated carbocycles. The van der Waals surface area contributed by atoms with Gasteiger partial charge in [-0.15, -0.1) is 0 Å². The molecule has 1 aliphatic heterocycles. The maximum atomic E-state index is 12.7. The fraction of sp³-hybridized carbons (Fsp3) is 0.167. The van der Waals surface area contributed by atoms with Crippen LogP contribution in [0.15, 0.2) is 69.9 Å². The van der Waals surface area contributed by atoms with Crippen LogP contribution in [0, 0.1) is 6.92 Å². The summed E-state index contributed by atoms with van der Waals surface area (Å²) in [5, 5.41) is 2.90. The van der Waals surface area contributed by atoms with E-state index in [-0.39, 0.29) is 12.7 Å². The van der Waals surface area contributed by atoms with E-state index in [1.54, 1.807) is 18.2 Å². The van der Waals surface area contributed by atoms with Crippen molar-refractivity contribution in [3.63, 3.8) is 0 Å². The Morgan fingerprint density at radius 2 is 1.74 bits per heavy atom. The summed E-state index contributed by atoms with van der Waals surface area (Å²) in [5.74, 6) is 0.683. The molecular formula is C24H20N2O5. The lowest BCUT2D eigenvalue weighted by molar-refractivity contribution is 0.0951. The minimum absolute atomic E-state index is 0.208. The van der Waals surface area contributed by atoms with Gasteiger partial charge in [-0.3, -0.25) is 9.36 Å². The zero-order valence-electron chi connectivity index (χ0n) is 16.9. The third kappa shape index (κ3) is 3.77. The lowest BCUT2D eigenvalue weighted by Crippen LogP contribution is -2.23. The summed E-state index contributed by atoms with van der Waals surface area (Å²) in [6.07, 6.45) is 0. The standard InChI is InChI=1S/C24H20N2O5/c1-15-2-4-16(5-3-15)13-26-19-11-18(7-9-20(19)31-24(26)28)23(27)25-12-17-6-8-21-22(10-17)30-14-29-21/h2-11H,12-14H2,1H3,(H,25,27). The molecule has 7 nitrogen and oxygen atoms in total. The van der Waals surface area contributed by atoms with Crippen LogP contribution >= 0.6 is 0 Å². The van der Waals surface area contributed by atoms with Crippen LogP contribution in [0.3, 0.4) is 0 Å².